The predicted octanol–water partition coefficient (Wildman–Crippen LogP) is 0.342. The van der Waals surface area contributed by atoms with Gasteiger partial charge in [0.05, 0.1) is 18.2 Å². The standard InChI is InChI=1S/C17H32N4O4S.ClH/c1-13-10-21(11-14(2)25-13)26(23,24)20-8-4-5-15(12-20)9-19-17(22)16-6-3-7-18-16;/h13-16,18H,3-12H2,1-2H3,(H,19,22);1H. The summed E-state index contributed by atoms with van der Waals surface area (Å²) in [5.74, 6) is 0.207. The lowest BCUT2D eigenvalue weighted by molar-refractivity contribution is -0.123. The summed E-state index contributed by atoms with van der Waals surface area (Å²) in [6, 6.07) is -0.0882. The van der Waals surface area contributed by atoms with Crippen molar-refractivity contribution in [1.82, 2.24) is 19.2 Å². The van der Waals surface area contributed by atoms with Gasteiger partial charge in [-0.3, -0.25) is 4.79 Å². The number of rotatable bonds is 5. The molecule has 3 fully saturated rings. The van der Waals surface area contributed by atoms with E-state index in [2.05, 4.69) is 10.6 Å². The van der Waals surface area contributed by atoms with E-state index in [4.69, 9.17) is 4.74 Å². The van der Waals surface area contributed by atoms with Crippen molar-refractivity contribution >= 4 is 28.5 Å². The van der Waals surface area contributed by atoms with Gasteiger partial charge in [0, 0.05) is 32.7 Å². The van der Waals surface area contributed by atoms with Crippen LogP contribution in [-0.2, 0) is 19.7 Å². The van der Waals surface area contributed by atoms with Crippen LogP contribution in [0.25, 0.3) is 0 Å². The minimum Gasteiger partial charge on any atom is -0.373 e. The van der Waals surface area contributed by atoms with Gasteiger partial charge in [-0.1, -0.05) is 0 Å². The highest BCUT2D eigenvalue weighted by molar-refractivity contribution is 7.86. The summed E-state index contributed by atoms with van der Waals surface area (Å²) in [5.41, 5.74) is 0. The molecule has 10 heteroatoms. The fraction of sp³-hybridized carbons (Fsp3) is 0.941. The Bertz CT molecular complexity index is 590. The molecule has 4 atom stereocenters. The van der Waals surface area contributed by atoms with E-state index in [1.165, 1.54) is 0 Å². The number of hydrogen-bond donors (Lipinski definition) is 2. The van der Waals surface area contributed by atoms with Gasteiger partial charge < -0.3 is 15.4 Å². The smallest absolute Gasteiger partial charge is 0.282 e. The zero-order valence-corrected chi connectivity index (χ0v) is 17.9. The Morgan fingerprint density at radius 2 is 1.81 bits per heavy atom. The maximum Gasteiger partial charge on any atom is 0.282 e. The van der Waals surface area contributed by atoms with Crippen molar-refractivity contribution in [1.29, 1.82) is 0 Å². The molecular formula is C17H33ClN4O4S. The highest BCUT2D eigenvalue weighted by Crippen LogP contribution is 2.23. The number of morpholine rings is 1. The van der Waals surface area contributed by atoms with Crippen LogP contribution in [0.4, 0.5) is 0 Å². The van der Waals surface area contributed by atoms with Crippen LogP contribution in [-0.4, -0.2) is 80.5 Å². The SMILES string of the molecule is CC1CN(S(=O)(=O)N2CCCC(CNC(=O)C3CCCN3)C2)CC(C)O1.Cl. The zero-order valence-electron chi connectivity index (χ0n) is 16.2. The molecule has 3 aliphatic heterocycles. The molecule has 1 amide bonds. The van der Waals surface area contributed by atoms with Crippen molar-refractivity contribution in [3.05, 3.63) is 0 Å². The lowest BCUT2D eigenvalue weighted by Crippen LogP contribution is -2.55. The van der Waals surface area contributed by atoms with Crippen molar-refractivity contribution in [3.63, 3.8) is 0 Å². The van der Waals surface area contributed by atoms with Gasteiger partial charge in [0.25, 0.3) is 10.2 Å². The molecule has 0 aliphatic carbocycles. The summed E-state index contributed by atoms with van der Waals surface area (Å²) in [7, 11) is -3.48. The molecule has 8 nitrogen and oxygen atoms in total. The van der Waals surface area contributed by atoms with Crippen LogP contribution in [0.1, 0.15) is 39.5 Å². The van der Waals surface area contributed by atoms with Crippen LogP contribution < -0.4 is 10.6 Å². The maximum absolute atomic E-state index is 13.0. The second-order valence-electron chi connectivity index (χ2n) is 7.84. The van der Waals surface area contributed by atoms with Gasteiger partial charge in [-0.05, 0) is 52.0 Å². The molecule has 2 N–H and O–H groups in total. The maximum atomic E-state index is 13.0. The van der Waals surface area contributed by atoms with Crippen LogP contribution in [0.15, 0.2) is 0 Å². The average Bonchev–Trinajstić information content (AvgIpc) is 3.14. The summed E-state index contributed by atoms with van der Waals surface area (Å²) >= 11 is 0. The molecule has 3 aliphatic rings. The normalized spacial score (nSPS) is 33.4. The van der Waals surface area contributed by atoms with Gasteiger partial charge in [0.2, 0.25) is 5.91 Å². The first kappa shape index (κ1) is 22.8. The van der Waals surface area contributed by atoms with Crippen LogP contribution in [0.2, 0.25) is 0 Å². The highest BCUT2D eigenvalue weighted by Gasteiger charge is 2.37. The summed E-state index contributed by atoms with van der Waals surface area (Å²) in [6.07, 6.45) is 3.51. The molecule has 158 valence electrons. The third-order valence-corrected chi connectivity index (χ3v) is 7.40. The predicted molar refractivity (Wildman–Crippen MR) is 106 cm³/mol. The van der Waals surface area contributed by atoms with Crippen molar-refractivity contribution in [2.45, 2.75) is 57.8 Å². The van der Waals surface area contributed by atoms with E-state index in [1.54, 1.807) is 8.61 Å². The van der Waals surface area contributed by atoms with E-state index in [-0.39, 0.29) is 42.5 Å². The molecule has 0 aromatic carbocycles. The van der Waals surface area contributed by atoms with Crippen molar-refractivity contribution in [2.24, 2.45) is 5.92 Å². The summed E-state index contributed by atoms with van der Waals surface area (Å²) < 4.78 is 34.8. The number of piperidine rings is 1. The van der Waals surface area contributed by atoms with Crippen molar-refractivity contribution in [3.8, 4) is 0 Å². The quantitative estimate of drug-likeness (QED) is 0.664. The van der Waals surface area contributed by atoms with Gasteiger partial charge in [-0.2, -0.15) is 17.0 Å². The topological polar surface area (TPSA) is 91.0 Å². The van der Waals surface area contributed by atoms with Crippen LogP contribution in [0.3, 0.4) is 0 Å². The largest absolute Gasteiger partial charge is 0.373 e. The lowest BCUT2D eigenvalue weighted by atomic mass is 9.99. The summed E-state index contributed by atoms with van der Waals surface area (Å²) in [5, 5.41) is 6.19. The van der Waals surface area contributed by atoms with Crippen molar-refractivity contribution < 1.29 is 17.9 Å². The highest BCUT2D eigenvalue weighted by atomic mass is 35.5. The Hall–Kier alpha value is -0.450. The Labute approximate surface area is 169 Å². The number of nitrogens with one attached hydrogen (secondary N) is 2. The number of halogens is 1. The van der Waals surface area contributed by atoms with Gasteiger partial charge in [-0.25, -0.2) is 0 Å². The van der Waals surface area contributed by atoms with E-state index in [9.17, 15) is 13.2 Å². The molecule has 27 heavy (non-hydrogen) atoms. The molecule has 0 aromatic rings. The van der Waals surface area contributed by atoms with Gasteiger partial charge in [0.1, 0.15) is 0 Å². The van der Waals surface area contributed by atoms with Gasteiger partial charge >= 0.3 is 0 Å². The molecule has 0 bridgehead atoms. The van der Waals surface area contributed by atoms with E-state index in [0.717, 1.165) is 32.2 Å². The number of nitrogens with zero attached hydrogens (tertiary/aromatic N) is 2. The summed E-state index contributed by atoms with van der Waals surface area (Å²) in [6.45, 7) is 7.07. The third kappa shape index (κ3) is 5.77. The zero-order chi connectivity index (χ0) is 18.7. The second-order valence-corrected chi connectivity index (χ2v) is 9.77. The number of hydrogen-bond acceptors (Lipinski definition) is 5. The van der Waals surface area contributed by atoms with E-state index >= 15 is 0 Å². The first-order valence-corrected chi connectivity index (χ1v) is 11.2. The Kier molecular flexibility index (Phi) is 8.33. The van der Waals surface area contributed by atoms with Crippen LogP contribution in [0, 0.1) is 5.92 Å². The number of amides is 1. The molecule has 0 aromatic heterocycles. The molecule has 3 heterocycles. The molecule has 0 radical (unpaired) electrons. The first-order chi connectivity index (χ1) is 12.4. The lowest BCUT2D eigenvalue weighted by Gasteiger charge is -2.39. The molecule has 0 spiro atoms. The van der Waals surface area contributed by atoms with E-state index < -0.39 is 10.2 Å². The number of carbonyl (C=O) groups is 1. The van der Waals surface area contributed by atoms with E-state index in [1.807, 2.05) is 13.8 Å². The molecule has 3 saturated heterocycles. The van der Waals surface area contributed by atoms with Crippen LogP contribution in [0.5, 0.6) is 0 Å². The first-order valence-electron chi connectivity index (χ1n) is 9.78. The van der Waals surface area contributed by atoms with Crippen LogP contribution >= 0.6 is 12.4 Å². The molecule has 0 saturated carbocycles. The average molecular weight is 425 g/mol. The third-order valence-electron chi connectivity index (χ3n) is 5.46. The molecule has 3 rings (SSSR count). The second kappa shape index (κ2) is 9.84. The summed E-state index contributed by atoms with van der Waals surface area (Å²) in [4.78, 5) is 12.2. The van der Waals surface area contributed by atoms with Gasteiger partial charge in [-0.15, -0.1) is 12.4 Å². The molecular weight excluding hydrogens is 392 g/mol. The monoisotopic (exact) mass is 424 g/mol. The Morgan fingerprint density at radius 3 is 2.44 bits per heavy atom. The minimum atomic E-state index is -3.48. The number of carbonyl (C=O) groups excluding carboxylic acids is 1. The number of ether oxygens (including phenoxy) is 1. The fourth-order valence-electron chi connectivity index (χ4n) is 4.16. The van der Waals surface area contributed by atoms with E-state index in [0.29, 0.717) is 32.7 Å². The minimum absolute atomic E-state index is 0. The Balaban J connectivity index is 0.00000261. The fourth-order valence-corrected chi connectivity index (χ4v) is 6.04. The Morgan fingerprint density at radius 1 is 1.11 bits per heavy atom. The van der Waals surface area contributed by atoms with Gasteiger partial charge in [0.15, 0.2) is 0 Å². The molecule has 4 unspecified atom stereocenters. The van der Waals surface area contributed by atoms with Crippen molar-refractivity contribution in [2.75, 3.05) is 39.3 Å².